The molecule has 0 aromatic carbocycles. The van der Waals surface area contributed by atoms with Gasteiger partial charge in [-0.2, -0.15) is 0 Å². The normalized spacial score (nSPS) is 43.0. The van der Waals surface area contributed by atoms with Crippen molar-refractivity contribution >= 4 is 5.71 Å². The van der Waals surface area contributed by atoms with Crippen molar-refractivity contribution in [1.82, 2.24) is 4.90 Å². The Morgan fingerprint density at radius 3 is 2.14 bits per heavy atom. The van der Waals surface area contributed by atoms with Crippen molar-refractivity contribution in [2.24, 2.45) is 40.7 Å². The third kappa shape index (κ3) is 5.51. The zero-order valence-electron chi connectivity index (χ0n) is 22.4. The van der Waals surface area contributed by atoms with Crippen molar-refractivity contribution < 1.29 is 24.1 Å². The molecule has 0 atom stereocenters. The zero-order chi connectivity index (χ0) is 24.4. The highest BCUT2D eigenvalue weighted by molar-refractivity contribution is 5.84. The maximum Gasteiger partial charge on any atom is 0.207 e. The van der Waals surface area contributed by atoms with Crippen LogP contribution in [-0.4, -0.2) is 69.1 Å². The number of morpholine rings is 1. The van der Waals surface area contributed by atoms with Crippen LogP contribution in [-0.2, 0) is 24.1 Å². The largest absolute Gasteiger partial charge is 0.394 e. The van der Waals surface area contributed by atoms with Gasteiger partial charge < -0.3 is 14.3 Å². The Hall–Kier alpha value is -0.730. The van der Waals surface area contributed by atoms with Crippen LogP contribution < -0.4 is 0 Å². The molecular formula is C29H48N2O5. The van der Waals surface area contributed by atoms with Gasteiger partial charge in [0, 0.05) is 38.6 Å². The summed E-state index contributed by atoms with van der Waals surface area (Å²) in [6.07, 6.45) is 16.2. The van der Waals surface area contributed by atoms with Crippen LogP contribution in [0.25, 0.3) is 0 Å². The summed E-state index contributed by atoms with van der Waals surface area (Å²) >= 11 is 0. The van der Waals surface area contributed by atoms with E-state index in [-0.39, 0.29) is 6.10 Å². The summed E-state index contributed by atoms with van der Waals surface area (Å²) in [6, 6.07) is 0. The maximum absolute atomic E-state index is 6.31. The molecule has 0 amide bonds. The van der Waals surface area contributed by atoms with Crippen LogP contribution in [0.15, 0.2) is 5.16 Å². The van der Waals surface area contributed by atoms with Crippen LogP contribution in [0.4, 0.5) is 0 Å². The summed E-state index contributed by atoms with van der Waals surface area (Å²) in [5, 5.41) is 4.48. The average molecular weight is 505 g/mol. The molecule has 0 aromatic rings. The van der Waals surface area contributed by atoms with E-state index in [9.17, 15) is 0 Å². The standard InChI is InChI=1S/C29H48N2O5/c1-32-29(25-17-21-16-22(19-25)20-26(29)18-21)36-35-28-8-4-24(5-9-28)23-2-6-27(7-3-23)30-34-15-12-31-10-13-33-14-11-31/h21-26,28H,2-20H2,1H3. The lowest BCUT2D eigenvalue weighted by molar-refractivity contribution is -0.486. The summed E-state index contributed by atoms with van der Waals surface area (Å²) in [7, 11) is 1.85. The summed E-state index contributed by atoms with van der Waals surface area (Å²) in [6.45, 7) is 5.34. The fourth-order valence-electron chi connectivity index (χ4n) is 8.81. The first-order valence-corrected chi connectivity index (χ1v) is 15.1. The Balaban J connectivity index is 0.894. The number of ether oxygens (including phenoxy) is 2. The Labute approximate surface area is 217 Å². The van der Waals surface area contributed by atoms with Gasteiger partial charge in [0.1, 0.15) is 6.61 Å². The molecule has 4 bridgehead atoms. The molecule has 1 heterocycles. The second kappa shape index (κ2) is 11.6. The van der Waals surface area contributed by atoms with Crippen molar-refractivity contribution in [1.29, 1.82) is 0 Å². The van der Waals surface area contributed by atoms with E-state index in [2.05, 4.69) is 10.1 Å². The SMILES string of the molecule is COC1(OOC2CCC(C3CCC(=NOCCN4CCOCC4)CC3)CC2)C2CC3CC(C2)CC1C3. The van der Waals surface area contributed by atoms with Gasteiger partial charge in [-0.05, 0) is 107 Å². The predicted molar refractivity (Wildman–Crippen MR) is 137 cm³/mol. The van der Waals surface area contributed by atoms with Crippen LogP contribution in [0.5, 0.6) is 0 Å². The molecule has 6 saturated carbocycles. The van der Waals surface area contributed by atoms with Crippen LogP contribution in [0, 0.1) is 35.5 Å². The third-order valence-electron chi connectivity index (χ3n) is 10.7. The van der Waals surface area contributed by atoms with Crippen LogP contribution in [0.3, 0.4) is 0 Å². The molecule has 0 N–H and O–H groups in total. The van der Waals surface area contributed by atoms with Crippen molar-refractivity contribution in [3.8, 4) is 0 Å². The lowest BCUT2D eigenvalue weighted by Crippen LogP contribution is -2.60. The van der Waals surface area contributed by atoms with Gasteiger partial charge in [-0.3, -0.25) is 4.90 Å². The van der Waals surface area contributed by atoms with Gasteiger partial charge in [0.15, 0.2) is 0 Å². The van der Waals surface area contributed by atoms with E-state index < -0.39 is 5.79 Å². The van der Waals surface area contributed by atoms with Crippen LogP contribution in [0.2, 0.25) is 0 Å². The first-order valence-electron chi connectivity index (χ1n) is 15.1. The van der Waals surface area contributed by atoms with Crippen molar-refractivity contribution in [3.63, 3.8) is 0 Å². The van der Waals surface area contributed by atoms with Gasteiger partial charge in [0.25, 0.3) is 0 Å². The minimum Gasteiger partial charge on any atom is -0.394 e. The fourth-order valence-corrected chi connectivity index (χ4v) is 8.81. The van der Waals surface area contributed by atoms with E-state index in [1.807, 2.05) is 7.11 Å². The molecule has 7 fully saturated rings. The van der Waals surface area contributed by atoms with Gasteiger partial charge in [0.2, 0.25) is 5.79 Å². The summed E-state index contributed by atoms with van der Waals surface area (Å²) in [4.78, 5) is 20.6. The van der Waals surface area contributed by atoms with E-state index >= 15 is 0 Å². The molecule has 0 unspecified atom stereocenters. The highest BCUT2D eigenvalue weighted by Crippen LogP contribution is 2.60. The van der Waals surface area contributed by atoms with Crippen LogP contribution >= 0.6 is 0 Å². The Morgan fingerprint density at radius 2 is 1.50 bits per heavy atom. The van der Waals surface area contributed by atoms with Gasteiger partial charge >= 0.3 is 0 Å². The lowest BCUT2D eigenvalue weighted by atomic mass is 9.53. The number of rotatable bonds is 9. The molecule has 0 radical (unpaired) electrons. The van der Waals surface area contributed by atoms with Crippen molar-refractivity contribution in [2.45, 2.75) is 95.4 Å². The summed E-state index contributed by atoms with van der Waals surface area (Å²) in [5.74, 6) is 4.02. The predicted octanol–water partition coefficient (Wildman–Crippen LogP) is 5.19. The zero-order valence-corrected chi connectivity index (χ0v) is 22.4. The van der Waals surface area contributed by atoms with Gasteiger partial charge in [-0.1, -0.05) is 5.16 Å². The second-order valence-corrected chi connectivity index (χ2v) is 12.7. The Kier molecular flexibility index (Phi) is 8.21. The number of oxime groups is 1. The minimum absolute atomic E-state index is 0.228. The molecule has 7 nitrogen and oxygen atoms in total. The van der Waals surface area contributed by atoms with Gasteiger partial charge in [0.05, 0.1) is 25.0 Å². The second-order valence-electron chi connectivity index (χ2n) is 12.7. The molecule has 7 rings (SSSR count). The number of hydrogen-bond acceptors (Lipinski definition) is 7. The molecule has 204 valence electrons. The van der Waals surface area contributed by atoms with E-state index in [1.54, 1.807) is 0 Å². The average Bonchev–Trinajstić information content (AvgIpc) is 2.92. The summed E-state index contributed by atoms with van der Waals surface area (Å²) in [5.41, 5.74) is 1.26. The minimum atomic E-state index is -0.479. The Bertz CT molecular complexity index is 708. The smallest absolute Gasteiger partial charge is 0.207 e. The molecule has 0 spiro atoms. The first-order chi connectivity index (χ1) is 17.7. The van der Waals surface area contributed by atoms with E-state index in [1.165, 1.54) is 63.5 Å². The number of nitrogens with zero attached hydrogens (tertiary/aromatic N) is 2. The van der Waals surface area contributed by atoms with Crippen molar-refractivity contribution in [3.05, 3.63) is 0 Å². The van der Waals surface area contributed by atoms with Crippen LogP contribution in [0.1, 0.15) is 83.5 Å². The quantitative estimate of drug-likeness (QED) is 0.186. The molecule has 1 saturated heterocycles. The topological polar surface area (TPSA) is 61.8 Å². The maximum atomic E-state index is 6.31. The lowest BCUT2D eigenvalue weighted by Gasteiger charge is -2.58. The molecule has 7 heteroatoms. The highest BCUT2D eigenvalue weighted by atomic mass is 17.2. The Morgan fingerprint density at radius 1 is 0.861 bits per heavy atom. The molecule has 1 aliphatic heterocycles. The fraction of sp³-hybridized carbons (Fsp3) is 0.966. The molecule has 0 aromatic heterocycles. The summed E-state index contributed by atoms with van der Waals surface area (Å²) < 4.78 is 11.5. The molecule has 6 aliphatic carbocycles. The van der Waals surface area contributed by atoms with E-state index in [0.29, 0.717) is 18.4 Å². The third-order valence-corrected chi connectivity index (χ3v) is 10.7. The molecular weight excluding hydrogens is 456 g/mol. The number of methoxy groups -OCH3 is 1. The van der Waals surface area contributed by atoms with Gasteiger partial charge in [-0.25, -0.2) is 9.78 Å². The number of hydrogen-bond donors (Lipinski definition) is 0. The van der Waals surface area contributed by atoms with Crippen molar-refractivity contribution in [2.75, 3.05) is 46.6 Å². The van der Waals surface area contributed by atoms with E-state index in [0.717, 1.165) is 82.2 Å². The van der Waals surface area contributed by atoms with Gasteiger partial charge in [-0.15, -0.1) is 0 Å². The molecule has 7 aliphatic rings. The first kappa shape index (κ1) is 25.5. The highest BCUT2D eigenvalue weighted by Gasteiger charge is 2.60. The van der Waals surface area contributed by atoms with E-state index in [4.69, 9.17) is 24.1 Å². The molecule has 36 heavy (non-hydrogen) atoms. The monoisotopic (exact) mass is 504 g/mol.